The van der Waals surface area contributed by atoms with Crippen LogP contribution in [0, 0.1) is 11.3 Å². The topological polar surface area (TPSA) is 171 Å². The zero-order valence-electron chi connectivity index (χ0n) is 34.4. The first kappa shape index (κ1) is 44.9. The minimum Gasteiger partial charge on any atom is -0.458 e. The highest BCUT2D eigenvalue weighted by atomic mass is 32.2. The van der Waals surface area contributed by atoms with E-state index in [4.69, 9.17) is 4.74 Å². The number of benzene rings is 4. The van der Waals surface area contributed by atoms with Crippen LogP contribution in [-0.2, 0) is 28.7 Å². The lowest BCUT2D eigenvalue weighted by Gasteiger charge is -2.36. The number of ether oxygens (including phenoxy) is 1. The molecule has 2 atom stereocenters. The van der Waals surface area contributed by atoms with Gasteiger partial charge in [0.05, 0.1) is 40.7 Å². The van der Waals surface area contributed by atoms with Gasteiger partial charge in [-0.2, -0.15) is 5.26 Å². The van der Waals surface area contributed by atoms with Gasteiger partial charge in [-0.1, -0.05) is 103 Å². The number of esters is 1. The van der Waals surface area contributed by atoms with Crippen LogP contribution in [-0.4, -0.2) is 81.9 Å². The molecule has 3 N–H and O–H groups in total. The first-order chi connectivity index (χ1) is 29.6. The number of nitrogens with zero attached hydrogens (tertiary/aromatic N) is 3. The van der Waals surface area contributed by atoms with Crippen LogP contribution in [0.25, 0.3) is 10.9 Å². The molecule has 0 saturated carbocycles. The number of aromatic nitrogens is 1. The third-order valence-electron chi connectivity index (χ3n) is 10.0. The van der Waals surface area contributed by atoms with Gasteiger partial charge in [0.25, 0.3) is 11.8 Å². The van der Waals surface area contributed by atoms with Crippen LogP contribution in [0.1, 0.15) is 67.1 Å². The number of para-hydroxylation sites is 1. The first-order valence-corrected chi connectivity index (χ1v) is 20.9. The second-order valence-corrected chi connectivity index (χ2v) is 17.0. The summed E-state index contributed by atoms with van der Waals surface area (Å²) in [6, 6.07) is 35.2. The van der Waals surface area contributed by atoms with E-state index in [9.17, 15) is 38.0 Å². The van der Waals surface area contributed by atoms with E-state index in [-0.39, 0.29) is 35.4 Å². The molecule has 0 spiro atoms. The minimum atomic E-state index is -3.20. The number of carbonyl (C=O) groups is 5. The molecular formula is C47H46F2N6O6S. The number of alkyl halides is 2. The molecule has 62 heavy (non-hydrogen) atoms. The molecule has 0 aliphatic carbocycles. The van der Waals surface area contributed by atoms with Crippen LogP contribution < -0.4 is 16.0 Å². The Morgan fingerprint density at radius 3 is 2.00 bits per heavy atom. The van der Waals surface area contributed by atoms with Crippen molar-refractivity contribution in [2.75, 3.05) is 24.2 Å². The Hall–Kier alpha value is -6.66. The summed E-state index contributed by atoms with van der Waals surface area (Å²) in [4.78, 5) is 71.6. The van der Waals surface area contributed by atoms with E-state index >= 15 is 0 Å². The first-order valence-electron chi connectivity index (χ1n) is 20.0. The molecule has 12 nitrogen and oxygen atoms in total. The van der Waals surface area contributed by atoms with Gasteiger partial charge >= 0.3 is 5.97 Å². The Morgan fingerprint density at radius 2 is 1.44 bits per heavy atom. The highest BCUT2D eigenvalue weighted by molar-refractivity contribution is 8.00. The molecule has 2 heterocycles. The fraction of sp³-hybridized carbons (Fsp3) is 0.298. The summed E-state index contributed by atoms with van der Waals surface area (Å²) in [6.07, 6.45) is 0.0292. The van der Waals surface area contributed by atoms with Gasteiger partial charge in [0.15, 0.2) is 0 Å². The number of hydrogen-bond acceptors (Lipinski definition) is 9. The number of pyridine rings is 1. The van der Waals surface area contributed by atoms with E-state index in [0.29, 0.717) is 5.39 Å². The van der Waals surface area contributed by atoms with Gasteiger partial charge in [-0.05, 0) is 49.6 Å². The van der Waals surface area contributed by atoms with Gasteiger partial charge in [-0.3, -0.25) is 24.2 Å². The van der Waals surface area contributed by atoms with Crippen molar-refractivity contribution in [3.63, 3.8) is 0 Å². The van der Waals surface area contributed by atoms with Crippen LogP contribution in [0.3, 0.4) is 0 Å². The van der Waals surface area contributed by atoms with E-state index in [0.717, 1.165) is 21.6 Å². The molecule has 15 heteroatoms. The molecule has 0 radical (unpaired) electrons. The average Bonchev–Trinajstić information content (AvgIpc) is 3.59. The monoisotopic (exact) mass is 860 g/mol. The third-order valence-corrected chi connectivity index (χ3v) is 11.7. The second kappa shape index (κ2) is 19.4. The van der Waals surface area contributed by atoms with Crippen molar-refractivity contribution in [3.8, 4) is 6.07 Å². The molecule has 0 bridgehead atoms. The SMILES string of the molecule is CC(C)(C)OC(=O)[C@H](CSC(c1ccccc1)(c1ccccc1)c1ccccc1)NC(=O)CCC(=O)Nc1cccc2c(C(=O)NCC(=O)N3CC(F)(F)C[C@H]3C#N)ccnc12. The Bertz CT molecular complexity index is 2370. The Kier molecular flexibility index (Phi) is 14.0. The molecule has 5 aromatic rings. The number of nitriles is 1. The van der Waals surface area contributed by atoms with Crippen LogP contribution in [0.5, 0.6) is 0 Å². The number of amides is 4. The summed E-state index contributed by atoms with van der Waals surface area (Å²) in [5.74, 6) is -6.32. The number of rotatable bonds is 15. The lowest BCUT2D eigenvalue weighted by molar-refractivity contribution is -0.157. The van der Waals surface area contributed by atoms with Crippen LogP contribution in [0.15, 0.2) is 121 Å². The second-order valence-electron chi connectivity index (χ2n) is 15.8. The average molecular weight is 861 g/mol. The zero-order valence-corrected chi connectivity index (χ0v) is 35.2. The normalized spacial score (nSPS) is 15.2. The van der Waals surface area contributed by atoms with Crippen LogP contribution in [0.2, 0.25) is 0 Å². The number of nitrogens with one attached hydrogen (secondary N) is 3. The number of fused-ring (bicyclic) bond motifs is 1. The standard InChI is InChI=1S/C47H46F2N6O6S/c1-45(2,3)61-44(60)38(29-62-47(31-14-7-4-8-15-31,32-16-9-5-10-17-32)33-18-11-6-12-19-33)54-40(57)23-22-39(56)53-37-21-13-20-35-36(24-25-51-42(35)37)43(59)52-28-41(58)55-30-46(48,49)26-34(55)27-50/h4-21,24-25,34,38H,22-23,26,28-30H2,1-3H3,(H,52,59)(H,53,56)(H,54,57)/t34-,38-/m0/s1. The summed E-state index contributed by atoms with van der Waals surface area (Å²) < 4.78 is 32.8. The molecule has 4 aromatic carbocycles. The fourth-order valence-corrected chi connectivity index (χ4v) is 8.79. The van der Waals surface area contributed by atoms with Gasteiger partial charge in [0.2, 0.25) is 17.7 Å². The lowest BCUT2D eigenvalue weighted by Crippen LogP contribution is -2.46. The van der Waals surface area contributed by atoms with Gasteiger partial charge in [-0.15, -0.1) is 11.8 Å². The molecule has 6 rings (SSSR count). The summed E-state index contributed by atoms with van der Waals surface area (Å²) in [5, 5.41) is 17.6. The Labute approximate surface area is 362 Å². The largest absolute Gasteiger partial charge is 0.458 e. The van der Waals surface area contributed by atoms with Crippen molar-refractivity contribution in [3.05, 3.63) is 144 Å². The van der Waals surface area contributed by atoms with Crippen LogP contribution in [0.4, 0.5) is 14.5 Å². The van der Waals surface area contributed by atoms with E-state index in [2.05, 4.69) is 20.9 Å². The minimum absolute atomic E-state index is 0.101. The summed E-state index contributed by atoms with van der Waals surface area (Å²) in [6.45, 7) is 3.71. The molecule has 1 fully saturated rings. The smallest absolute Gasteiger partial charge is 0.330 e. The van der Waals surface area contributed by atoms with Crippen molar-refractivity contribution in [2.24, 2.45) is 0 Å². The number of halogens is 2. The number of carbonyl (C=O) groups excluding carboxylic acids is 5. The maximum Gasteiger partial charge on any atom is 0.330 e. The molecule has 1 aromatic heterocycles. The molecule has 0 unspecified atom stereocenters. The molecular weight excluding hydrogens is 815 g/mol. The molecule has 1 aliphatic rings. The molecule has 1 aliphatic heterocycles. The Morgan fingerprint density at radius 1 is 0.855 bits per heavy atom. The number of thioether (sulfide) groups is 1. The predicted molar refractivity (Wildman–Crippen MR) is 232 cm³/mol. The maximum atomic E-state index is 13.9. The number of likely N-dealkylation sites (tertiary alicyclic amines) is 1. The van der Waals surface area contributed by atoms with Crippen molar-refractivity contribution >= 4 is 58.0 Å². The van der Waals surface area contributed by atoms with Gasteiger partial charge in [0.1, 0.15) is 17.7 Å². The summed E-state index contributed by atoms with van der Waals surface area (Å²) >= 11 is 1.49. The Balaban J connectivity index is 1.14. The highest BCUT2D eigenvalue weighted by Gasteiger charge is 2.47. The lowest BCUT2D eigenvalue weighted by atomic mass is 9.84. The zero-order chi connectivity index (χ0) is 44.5. The molecule has 4 amide bonds. The number of hydrogen-bond donors (Lipinski definition) is 3. The molecule has 320 valence electrons. The summed E-state index contributed by atoms with van der Waals surface area (Å²) in [7, 11) is 0. The van der Waals surface area contributed by atoms with E-state index in [1.54, 1.807) is 45.0 Å². The summed E-state index contributed by atoms with van der Waals surface area (Å²) in [5.41, 5.74) is 2.66. The predicted octanol–water partition coefficient (Wildman–Crippen LogP) is 6.99. The van der Waals surface area contributed by atoms with Crippen LogP contribution >= 0.6 is 11.8 Å². The van der Waals surface area contributed by atoms with Crippen molar-refractivity contribution < 1.29 is 37.5 Å². The highest BCUT2D eigenvalue weighted by Crippen LogP contribution is 2.48. The van der Waals surface area contributed by atoms with E-state index in [1.807, 2.05) is 91.0 Å². The maximum absolute atomic E-state index is 13.9. The number of anilines is 1. The van der Waals surface area contributed by atoms with Gasteiger partial charge in [0, 0.05) is 36.6 Å². The van der Waals surface area contributed by atoms with Crippen molar-refractivity contribution in [2.45, 2.75) is 68.4 Å². The quantitative estimate of drug-likeness (QED) is 0.0742. The van der Waals surface area contributed by atoms with E-state index < -0.39 is 77.5 Å². The molecule has 1 saturated heterocycles. The third kappa shape index (κ3) is 10.8. The fourth-order valence-electron chi connectivity index (χ4n) is 7.25. The van der Waals surface area contributed by atoms with Crippen molar-refractivity contribution in [1.82, 2.24) is 20.5 Å². The van der Waals surface area contributed by atoms with E-state index in [1.165, 1.54) is 24.0 Å². The van der Waals surface area contributed by atoms with Gasteiger partial charge in [-0.25, -0.2) is 13.6 Å². The van der Waals surface area contributed by atoms with Crippen molar-refractivity contribution in [1.29, 1.82) is 5.26 Å². The van der Waals surface area contributed by atoms with Gasteiger partial charge < -0.3 is 25.6 Å².